The summed E-state index contributed by atoms with van der Waals surface area (Å²) in [5, 5.41) is 20.7. The lowest BCUT2D eigenvalue weighted by Gasteiger charge is -2.09. The highest BCUT2D eigenvalue weighted by atomic mass is 35.5. The summed E-state index contributed by atoms with van der Waals surface area (Å²) >= 11 is 6.45. The third-order valence-electron chi connectivity index (χ3n) is 4.67. The molecule has 3 aromatic heterocycles. The fraction of sp³-hybridized carbons (Fsp3) is 0.263. The number of rotatable bonds is 9. The molecule has 0 spiro atoms. The minimum absolute atomic E-state index is 0.255. The van der Waals surface area contributed by atoms with Gasteiger partial charge in [0, 0.05) is 50.2 Å². The van der Waals surface area contributed by atoms with Crippen LogP contribution in [0.25, 0.3) is 0 Å². The molecule has 0 aliphatic heterocycles. The van der Waals surface area contributed by atoms with Gasteiger partial charge >= 0.3 is 0 Å². The van der Waals surface area contributed by atoms with Gasteiger partial charge in [-0.2, -0.15) is 9.97 Å². The third-order valence-corrected chi connectivity index (χ3v) is 5.04. The summed E-state index contributed by atoms with van der Waals surface area (Å²) in [5.41, 5.74) is 9.78. The largest absolute Gasteiger partial charge is 0.368 e. The highest BCUT2D eigenvalue weighted by Gasteiger charge is 2.10. The molecule has 4 aromatic rings. The van der Waals surface area contributed by atoms with E-state index in [9.17, 15) is 0 Å². The van der Waals surface area contributed by atoms with Crippen molar-refractivity contribution in [2.24, 2.45) is 0 Å². The summed E-state index contributed by atoms with van der Waals surface area (Å²) in [5.74, 6) is 1.95. The van der Waals surface area contributed by atoms with Crippen LogP contribution >= 0.6 is 11.6 Å². The van der Waals surface area contributed by atoms with Crippen LogP contribution in [0.2, 0.25) is 5.02 Å². The van der Waals surface area contributed by atoms with Gasteiger partial charge in [-0.05, 0) is 41.3 Å². The molecule has 0 radical (unpaired) electrons. The molecule has 12 heteroatoms. The number of H-pyrrole nitrogens is 3. The Morgan fingerprint density at radius 1 is 1.06 bits per heavy atom. The maximum absolute atomic E-state index is 6.45. The third kappa shape index (κ3) is 5.07. The molecular weight excluding hydrogens is 418 g/mol. The molecule has 4 rings (SSSR count). The summed E-state index contributed by atoms with van der Waals surface area (Å²) in [7, 11) is 3.80. The minimum atomic E-state index is 0.255. The molecule has 0 aliphatic rings. The molecule has 0 saturated carbocycles. The number of anilines is 5. The van der Waals surface area contributed by atoms with Gasteiger partial charge < -0.3 is 26.3 Å². The number of nitrogens with zero attached hydrogens (tertiary/aromatic N) is 5. The van der Waals surface area contributed by atoms with Gasteiger partial charge in [-0.25, -0.2) is 10.2 Å². The van der Waals surface area contributed by atoms with Gasteiger partial charge in [0.25, 0.3) is 0 Å². The van der Waals surface area contributed by atoms with Crippen molar-refractivity contribution in [1.29, 1.82) is 0 Å². The first-order valence-electron chi connectivity index (χ1n) is 9.69. The van der Waals surface area contributed by atoms with E-state index in [4.69, 9.17) is 17.3 Å². The number of nitrogens with one attached hydrogen (secondary N) is 5. The van der Waals surface area contributed by atoms with Gasteiger partial charge in [-0.1, -0.05) is 11.6 Å². The maximum Gasteiger partial charge on any atom is 0.248 e. The van der Waals surface area contributed by atoms with Gasteiger partial charge in [0.15, 0.2) is 0 Å². The predicted octanol–water partition coefficient (Wildman–Crippen LogP) is 2.54. The normalized spacial score (nSPS) is 10.9. The highest BCUT2D eigenvalue weighted by Crippen LogP contribution is 2.26. The van der Waals surface area contributed by atoms with Crippen molar-refractivity contribution in [1.82, 2.24) is 35.3 Å². The summed E-state index contributed by atoms with van der Waals surface area (Å²) in [4.78, 5) is 13.5. The Kier molecular flexibility index (Phi) is 5.94. The van der Waals surface area contributed by atoms with Crippen LogP contribution in [0, 0.1) is 0 Å². The van der Waals surface area contributed by atoms with E-state index >= 15 is 0 Å². The summed E-state index contributed by atoms with van der Waals surface area (Å²) < 4.78 is 0. The molecule has 0 fully saturated rings. The van der Waals surface area contributed by atoms with Crippen molar-refractivity contribution in [3.8, 4) is 0 Å². The van der Waals surface area contributed by atoms with Crippen molar-refractivity contribution in [3.63, 3.8) is 0 Å². The molecule has 162 valence electrons. The molecule has 0 saturated heterocycles. The number of halogens is 1. The Balaban J connectivity index is 1.39. The van der Waals surface area contributed by atoms with Crippen LogP contribution in [0.15, 0.2) is 30.6 Å². The highest BCUT2D eigenvalue weighted by molar-refractivity contribution is 6.31. The fourth-order valence-electron chi connectivity index (χ4n) is 3.13. The van der Waals surface area contributed by atoms with Crippen LogP contribution in [0.5, 0.6) is 0 Å². The zero-order chi connectivity index (χ0) is 21.8. The fourth-order valence-corrected chi connectivity index (χ4v) is 3.31. The molecular formula is C19H24ClN11. The molecule has 31 heavy (non-hydrogen) atoms. The van der Waals surface area contributed by atoms with Crippen LogP contribution in [0.1, 0.15) is 16.7 Å². The lowest BCUT2D eigenvalue weighted by Crippen LogP contribution is -2.10. The number of nitrogen functional groups attached to an aromatic ring is 1. The average molecular weight is 442 g/mol. The molecule has 0 atom stereocenters. The predicted molar refractivity (Wildman–Crippen MR) is 122 cm³/mol. The lowest BCUT2D eigenvalue weighted by atomic mass is 10.0. The number of aromatic amines is 3. The standard InChI is InChI=1S/C19H24ClN11/c1-31(2)19-26-17(28-30-19)23-6-5-11-9-22-10-13(11)7-12-8-14(3-4-15(12)20)24-18-25-16(21)27-29-18/h3-4,8-10,22H,5-7H2,1-2H3,(H2,23,26,28,30)(H4,21,24,25,27,29). The zero-order valence-corrected chi connectivity index (χ0v) is 18.0. The Bertz CT molecular complexity index is 1140. The second kappa shape index (κ2) is 8.96. The number of hydrogen-bond donors (Lipinski definition) is 6. The van der Waals surface area contributed by atoms with Gasteiger partial charge in [-0.15, -0.1) is 10.2 Å². The lowest BCUT2D eigenvalue weighted by molar-refractivity contribution is 0.968. The van der Waals surface area contributed by atoms with E-state index < -0.39 is 0 Å². The Labute approximate surface area is 183 Å². The zero-order valence-electron chi connectivity index (χ0n) is 17.2. The number of hydrogen-bond acceptors (Lipinski definition) is 8. The molecule has 0 bridgehead atoms. The van der Waals surface area contributed by atoms with E-state index in [2.05, 4.69) is 46.0 Å². The summed E-state index contributed by atoms with van der Waals surface area (Å²) in [6, 6.07) is 5.72. The minimum Gasteiger partial charge on any atom is -0.368 e. The summed E-state index contributed by atoms with van der Waals surface area (Å²) in [6.45, 7) is 0.717. The van der Waals surface area contributed by atoms with Crippen molar-refractivity contribution < 1.29 is 0 Å². The second-order valence-corrected chi connectivity index (χ2v) is 7.62. The Hall–Kier alpha value is -3.73. The van der Waals surface area contributed by atoms with Gasteiger partial charge in [0.1, 0.15) is 0 Å². The van der Waals surface area contributed by atoms with Gasteiger partial charge in [0.05, 0.1) is 0 Å². The molecule has 1 aromatic carbocycles. The first-order valence-corrected chi connectivity index (χ1v) is 10.1. The van der Waals surface area contributed by atoms with E-state index in [0.717, 1.165) is 17.7 Å². The second-order valence-electron chi connectivity index (χ2n) is 7.21. The number of benzene rings is 1. The SMILES string of the molecule is CN(C)c1n[nH]c(NCCc2c[nH]cc2Cc2cc(Nc3n[nH]c(N)n3)ccc2Cl)n1. The maximum atomic E-state index is 6.45. The average Bonchev–Trinajstić information content (AvgIpc) is 3.47. The molecule has 0 amide bonds. The molecule has 0 aliphatic carbocycles. The molecule has 3 heterocycles. The first kappa shape index (κ1) is 20.5. The quantitative estimate of drug-likeness (QED) is 0.232. The molecule has 7 N–H and O–H groups in total. The van der Waals surface area contributed by atoms with Crippen LogP contribution in [0.3, 0.4) is 0 Å². The van der Waals surface area contributed by atoms with Crippen molar-refractivity contribution >= 4 is 41.1 Å². The van der Waals surface area contributed by atoms with Crippen molar-refractivity contribution in [3.05, 3.63) is 52.3 Å². The van der Waals surface area contributed by atoms with Gasteiger partial charge in [0.2, 0.25) is 23.8 Å². The van der Waals surface area contributed by atoms with Crippen LogP contribution in [-0.2, 0) is 12.8 Å². The van der Waals surface area contributed by atoms with Crippen molar-refractivity contribution in [2.45, 2.75) is 12.8 Å². The molecule has 0 unspecified atom stereocenters. The van der Waals surface area contributed by atoms with E-state index in [0.29, 0.717) is 35.8 Å². The number of nitrogens with two attached hydrogens (primary N) is 1. The van der Waals surface area contributed by atoms with Crippen LogP contribution in [-0.4, -0.2) is 56.0 Å². The van der Waals surface area contributed by atoms with Crippen LogP contribution < -0.4 is 21.3 Å². The van der Waals surface area contributed by atoms with Gasteiger partial charge in [-0.3, -0.25) is 0 Å². The van der Waals surface area contributed by atoms with Crippen LogP contribution in [0.4, 0.5) is 29.5 Å². The van der Waals surface area contributed by atoms with E-state index in [1.54, 1.807) is 0 Å². The summed E-state index contributed by atoms with van der Waals surface area (Å²) in [6.07, 6.45) is 5.52. The molecule has 11 nitrogen and oxygen atoms in total. The topological polar surface area (TPSA) is 152 Å². The Morgan fingerprint density at radius 3 is 2.65 bits per heavy atom. The van der Waals surface area contributed by atoms with E-state index in [-0.39, 0.29) is 5.95 Å². The monoisotopic (exact) mass is 441 g/mol. The smallest absolute Gasteiger partial charge is 0.248 e. The Morgan fingerprint density at radius 2 is 1.90 bits per heavy atom. The van der Waals surface area contributed by atoms with E-state index in [1.807, 2.05) is 49.6 Å². The first-order chi connectivity index (χ1) is 15.0. The number of aromatic nitrogens is 7. The van der Waals surface area contributed by atoms with E-state index in [1.165, 1.54) is 11.1 Å². The van der Waals surface area contributed by atoms with Crippen molar-refractivity contribution in [2.75, 3.05) is 41.9 Å².